The molecule has 0 bridgehead atoms. The summed E-state index contributed by atoms with van der Waals surface area (Å²) in [5, 5.41) is 3.21. The molecule has 3 atom stereocenters. The highest BCUT2D eigenvalue weighted by Crippen LogP contribution is 2.29. The maximum Gasteiger partial charge on any atom is 0.230 e. The lowest BCUT2D eigenvalue weighted by molar-refractivity contribution is -0.119. The molecule has 110 valence electrons. The Kier molecular flexibility index (Phi) is 5.97. The normalized spacial score (nSPS) is 26.2. The summed E-state index contributed by atoms with van der Waals surface area (Å²) in [6, 6.07) is 8.44. The average molecular weight is 356 g/mol. The molecule has 0 heterocycles. The highest BCUT2D eigenvalue weighted by Gasteiger charge is 2.27. The van der Waals surface area contributed by atoms with E-state index in [1.54, 1.807) is 11.8 Å². The number of carbonyl (C=O) groups is 1. The summed E-state index contributed by atoms with van der Waals surface area (Å²) in [4.78, 5) is 13.2. The molecule has 0 aliphatic heterocycles. The van der Waals surface area contributed by atoms with Crippen molar-refractivity contribution in [2.45, 2.75) is 44.0 Å². The van der Waals surface area contributed by atoms with Crippen molar-refractivity contribution in [1.82, 2.24) is 5.32 Å². The molecule has 1 fully saturated rings. The van der Waals surface area contributed by atoms with Gasteiger partial charge in [0.15, 0.2) is 0 Å². The van der Waals surface area contributed by atoms with E-state index in [-0.39, 0.29) is 5.91 Å². The van der Waals surface area contributed by atoms with Gasteiger partial charge in [0.1, 0.15) is 0 Å². The van der Waals surface area contributed by atoms with E-state index in [4.69, 9.17) is 0 Å². The fraction of sp³-hybridized carbons (Fsp3) is 0.562. The Balaban J connectivity index is 1.79. The van der Waals surface area contributed by atoms with Crippen LogP contribution >= 0.6 is 27.7 Å². The zero-order chi connectivity index (χ0) is 14.5. The van der Waals surface area contributed by atoms with Crippen LogP contribution in [0.3, 0.4) is 0 Å². The fourth-order valence-corrected chi connectivity index (χ4v) is 3.69. The molecule has 0 aromatic heterocycles. The van der Waals surface area contributed by atoms with Gasteiger partial charge in [0.05, 0.1) is 5.75 Å². The smallest absolute Gasteiger partial charge is 0.230 e. The van der Waals surface area contributed by atoms with Gasteiger partial charge >= 0.3 is 0 Å². The van der Waals surface area contributed by atoms with Gasteiger partial charge < -0.3 is 5.32 Å². The van der Waals surface area contributed by atoms with Crippen molar-refractivity contribution < 1.29 is 4.79 Å². The molecule has 1 aliphatic rings. The predicted octanol–water partition coefficient (Wildman–Crippen LogP) is 4.48. The number of halogens is 1. The Morgan fingerprint density at radius 1 is 1.30 bits per heavy atom. The summed E-state index contributed by atoms with van der Waals surface area (Å²) in [5.41, 5.74) is 0. The topological polar surface area (TPSA) is 29.1 Å². The van der Waals surface area contributed by atoms with Crippen LogP contribution < -0.4 is 5.32 Å². The second-order valence-electron chi connectivity index (χ2n) is 5.68. The minimum atomic E-state index is 0.156. The molecule has 0 unspecified atom stereocenters. The minimum Gasteiger partial charge on any atom is -0.352 e. The van der Waals surface area contributed by atoms with Gasteiger partial charge in [-0.2, -0.15) is 0 Å². The lowest BCUT2D eigenvalue weighted by Gasteiger charge is -2.34. The maximum absolute atomic E-state index is 12.1. The summed E-state index contributed by atoms with van der Waals surface area (Å²) in [5.74, 6) is 1.96. The van der Waals surface area contributed by atoms with Gasteiger partial charge in [-0.05, 0) is 42.5 Å². The molecule has 2 nitrogen and oxygen atoms in total. The first-order valence-electron chi connectivity index (χ1n) is 7.24. The molecule has 1 N–H and O–H groups in total. The maximum atomic E-state index is 12.1. The van der Waals surface area contributed by atoms with E-state index >= 15 is 0 Å². The first kappa shape index (κ1) is 15.9. The number of rotatable bonds is 4. The Labute approximate surface area is 134 Å². The highest BCUT2D eigenvalue weighted by molar-refractivity contribution is 9.10. The van der Waals surface area contributed by atoms with Gasteiger partial charge in [0.25, 0.3) is 0 Å². The number of benzene rings is 1. The van der Waals surface area contributed by atoms with Crippen LogP contribution in [0.4, 0.5) is 0 Å². The second kappa shape index (κ2) is 7.51. The molecule has 0 radical (unpaired) electrons. The molecule has 20 heavy (non-hydrogen) atoms. The van der Waals surface area contributed by atoms with E-state index in [1.165, 1.54) is 12.8 Å². The van der Waals surface area contributed by atoms with Gasteiger partial charge in [-0.3, -0.25) is 4.79 Å². The van der Waals surface area contributed by atoms with Crippen molar-refractivity contribution in [1.29, 1.82) is 0 Å². The van der Waals surface area contributed by atoms with E-state index in [9.17, 15) is 4.79 Å². The number of thioether (sulfide) groups is 1. The van der Waals surface area contributed by atoms with Gasteiger partial charge in [0, 0.05) is 15.4 Å². The van der Waals surface area contributed by atoms with Crippen molar-refractivity contribution in [3.8, 4) is 0 Å². The minimum absolute atomic E-state index is 0.156. The molecule has 1 aromatic rings. The Bertz CT molecular complexity index is 448. The Morgan fingerprint density at radius 3 is 2.70 bits per heavy atom. The third-order valence-electron chi connectivity index (χ3n) is 4.24. The number of amides is 1. The van der Waals surface area contributed by atoms with E-state index in [0.717, 1.165) is 15.8 Å². The zero-order valence-electron chi connectivity index (χ0n) is 12.1. The fourth-order valence-electron chi connectivity index (χ4n) is 2.71. The van der Waals surface area contributed by atoms with Crippen LogP contribution in [0.25, 0.3) is 0 Å². The van der Waals surface area contributed by atoms with Gasteiger partial charge in [-0.25, -0.2) is 0 Å². The predicted molar refractivity (Wildman–Crippen MR) is 89.0 cm³/mol. The number of nitrogens with one attached hydrogen (secondary N) is 1. The van der Waals surface area contributed by atoms with Crippen LogP contribution in [0.15, 0.2) is 33.6 Å². The van der Waals surface area contributed by atoms with Crippen LogP contribution in [0, 0.1) is 11.8 Å². The van der Waals surface area contributed by atoms with Gasteiger partial charge in [-0.1, -0.05) is 42.6 Å². The van der Waals surface area contributed by atoms with Crippen molar-refractivity contribution >= 4 is 33.6 Å². The van der Waals surface area contributed by atoms with Crippen LogP contribution in [0.5, 0.6) is 0 Å². The Hall–Kier alpha value is -0.480. The number of hydrogen-bond donors (Lipinski definition) is 1. The second-order valence-corrected chi connectivity index (χ2v) is 7.65. The molecule has 1 saturated carbocycles. The quantitative estimate of drug-likeness (QED) is 0.806. The van der Waals surface area contributed by atoms with Crippen LogP contribution in [0.1, 0.15) is 33.1 Å². The van der Waals surface area contributed by atoms with Gasteiger partial charge in [0.2, 0.25) is 5.91 Å². The zero-order valence-corrected chi connectivity index (χ0v) is 14.5. The summed E-state index contributed by atoms with van der Waals surface area (Å²) in [6.45, 7) is 4.55. The third kappa shape index (κ3) is 4.52. The summed E-state index contributed by atoms with van der Waals surface area (Å²) >= 11 is 5.01. The first-order chi connectivity index (χ1) is 9.56. The molecule has 4 heteroatoms. The lowest BCUT2D eigenvalue weighted by atomic mass is 9.78. The van der Waals surface area contributed by atoms with E-state index in [0.29, 0.717) is 23.6 Å². The molecule has 2 rings (SSSR count). The van der Waals surface area contributed by atoms with Crippen LogP contribution in [-0.2, 0) is 4.79 Å². The lowest BCUT2D eigenvalue weighted by Crippen LogP contribution is -2.44. The van der Waals surface area contributed by atoms with E-state index < -0.39 is 0 Å². The summed E-state index contributed by atoms with van der Waals surface area (Å²) in [7, 11) is 0. The average Bonchev–Trinajstić information content (AvgIpc) is 2.43. The van der Waals surface area contributed by atoms with Crippen molar-refractivity contribution in [3.05, 3.63) is 28.7 Å². The summed E-state index contributed by atoms with van der Waals surface area (Å²) < 4.78 is 1.07. The largest absolute Gasteiger partial charge is 0.352 e. The molecular weight excluding hydrogens is 334 g/mol. The van der Waals surface area contributed by atoms with E-state index in [2.05, 4.69) is 35.1 Å². The highest BCUT2D eigenvalue weighted by atomic mass is 79.9. The van der Waals surface area contributed by atoms with E-state index in [1.807, 2.05) is 24.3 Å². The van der Waals surface area contributed by atoms with Crippen molar-refractivity contribution in [3.63, 3.8) is 0 Å². The molecular formula is C16H22BrNOS. The molecule has 1 aliphatic carbocycles. The van der Waals surface area contributed by atoms with Crippen LogP contribution in [-0.4, -0.2) is 17.7 Å². The van der Waals surface area contributed by atoms with Crippen molar-refractivity contribution in [2.75, 3.05) is 5.75 Å². The Morgan fingerprint density at radius 2 is 2.00 bits per heavy atom. The third-order valence-corrected chi connectivity index (χ3v) is 5.78. The number of hydrogen-bond acceptors (Lipinski definition) is 2. The van der Waals surface area contributed by atoms with Gasteiger partial charge in [-0.15, -0.1) is 11.8 Å². The molecule has 1 aromatic carbocycles. The molecule has 0 saturated heterocycles. The number of carbonyl (C=O) groups excluding carboxylic acids is 1. The monoisotopic (exact) mass is 355 g/mol. The standard InChI is InChI=1S/C16H22BrNOS/c1-11-4-3-5-15(12(11)2)18-16(19)10-20-14-8-6-13(17)7-9-14/h6-9,11-12,15H,3-5,10H2,1-2H3,(H,18,19)/t11-,12-,15+/m0/s1. The molecule has 0 spiro atoms. The molecule has 1 amide bonds. The SMILES string of the molecule is C[C@H]1[C@@H](C)CCC[C@H]1NC(=O)CSc1ccc(Br)cc1. The van der Waals surface area contributed by atoms with Crippen LogP contribution in [0.2, 0.25) is 0 Å². The first-order valence-corrected chi connectivity index (χ1v) is 9.02. The van der Waals surface area contributed by atoms with Crippen molar-refractivity contribution in [2.24, 2.45) is 11.8 Å². The summed E-state index contributed by atoms with van der Waals surface area (Å²) in [6.07, 6.45) is 3.65.